The van der Waals surface area contributed by atoms with Crippen molar-refractivity contribution >= 4 is 10.0 Å². The van der Waals surface area contributed by atoms with Crippen LogP contribution in [0.4, 0.5) is 4.39 Å². The molecule has 1 atom stereocenters. The number of halogens is 1. The first-order valence-electron chi connectivity index (χ1n) is 7.76. The molecule has 2 aromatic rings. The second kappa shape index (κ2) is 6.42. The van der Waals surface area contributed by atoms with E-state index in [0.717, 1.165) is 24.0 Å². The van der Waals surface area contributed by atoms with E-state index in [1.807, 2.05) is 31.2 Å². The van der Waals surface area contributed by atoms with E-state index in [1.54, 1.807) is 16.4 Å². The molecule has 1 heterocycles. The highest BCUT2D eigenvalue weighted by atomic mass is 32.2. The zero-order valence-corrected chi connectivity index (χ0v) is 13.9. The van der Waals surface area contributed by atoms with E-state index in [-0.39, 0.29) is 11.8 Å². The van der Waals surface area contributed by atoms with Crippen molar-refractivity contribution in [3.63, 3.8) is 0 Å². The summed E-state index contributed by atoms with van der Waals surface area (Å²) in [6.45, 7) is 2.53. The second-order valence-electron chi connectivity index (χ2n) is 6.07. The van der Waals surface area contributed by atoms with E-state index < -0.39 is 15.8 Å². The largest absolute Gasteiger partial charge is 0.218 e. The lowest BCUT2D eigenvalue weighted by atomic mass is 10.0. The fourth-order valence-corrected chi connectivity index (χ4v) is 4.90. The average Bonchev–Trinajstić information content (AvgIpc) is 2.98. The molecule has 0 aliphatic carbocycles. The third kappa shape index (κ3) is 3.62. The van der Waals surface area contributed by atoms with Crippen LogP contribution in [0, 0.1) is 12.7 Å². The Morgan fingerprint density at radius 1 is 1.17 bits per heavy atom. The van der Waals surface area contributed by atoms with Crippen molar-refractivity contribution < 1.29 is 12.8 Å². The summed E-state index contributed by atoms with van der Waals surface area (Å²) in [6.07, 6.45) is 1.67. The fourth-order valence-electron chi connectivity index (χ4n) is 3.12. The molecule has 0 spiro atoms. The summed E-state index contributed by atoms with van der Waals surface area (Å²) < 4.78 is 40.4. The first-order chi connectivity index (χ1) is 11.0. The van der Waals surface area contributed by atoms with E-state index >= 15 is 0 Å². The van der Waals surface area contributed by atoms with Crippen molar-refractivity contribution in [2.24, 2.45) is 0 Å². The van der Waals surface area contributed by atoms with E-state index in [9.17, 15) is 12.8 Å². The molecule has 0 N–H and O–H groups in total. The molecule has 1 saturated heterocycles. The van der Waals surface area contributed by atoms with Crippen LogP contribution < -0.4 is 0 Å². The molecular formula is C18H20FNO2S. The molecule has 0 radical (unpaired) electrons. The van der Waals surface area contributed by atoms with Gasteiger partial charge in [-0.25, -0.2) is 12.8 Å². The predicted octanol–water partition coefficient (Wildman–Crippen LogP) is 3.80. The molecule has 5 heteroatoms. The van der Waals surface area contributed by atoms with Gasteiger partial charge in [-0.2, -0.15) is 4.31 Å². The van der Waals surface area contributed by atoms with Gasteiger partial charge in [-0.1, -0.05) is 42.0 Å². The van der Waals surface area contributed by atoms with Crippen molar-refractivity contribution in [1.29, 1.82) is 0 Å². The van der Waals surface area contributed by atoms with Gasteiger partial charge in [-0.3, -0.25) is 0 Å². The van der Waals surface area contributed by atoms with Gasteiger partial charge < -0.3 is 0 Å². The van der Waals surface area contributed by atoms with Gasteiger partial charge in [0.25, 0.3) is 0 Å². The Morgan fingerprint density at radius 3 is 2.61 bits per heavy atom. The van der Waals surface area contributed by atoms with Crippen LogP contribution in [-0.4, -0.2) is 19.3 Å². The van der Waals surface area contributed by atoms with Crippen LogP contribution in [0.5, 0.6) is 0 Å². The van der Waals surface area contributed by atoms with E-state index in [2.05, 4.69) is 0 Å². The number of hydrogen-bond acceptors (Lipinski definition) is 2. The molecule has 0 aromatic heterocycles. The third-order valence-electron chi connectivity index (χ3n) is 4.26. The number of hydrogen-bond donors (Lipinski definition) is 0. The summed E-state index contributed by atoms with van der Waals surface area (Å²) in [7, 11) is -3.47. The summed E-state index contributed by atoms with van der Waals surface area (Å²) >= 11 is 0. The van der Waals surface area contributed by atoms with Crippen molar-refractivity contribution in [1.82, 2.24) is 4.31 Å². The average molecular weight is 333 g/mol. The van der Waals surface area contributed by atoms with Gasteiger partial charge in [0.15, 0.2) is 0 Å². The zero-order valence-electron chi connectivity index (χ0n) is 13.1. The van der Waals surface area contributed by atoms with Crippen LogP contribution in [0.1, 0.15) is 35.6 Å². The molecule has 0 bridgehead atoms. The van der Waals surface area contributed by atoms with E-state index in [1.165, 1.54) is 12.1 Å². The molecule has 3 nitrogen and oxygen atoms in total. The van der Waals surface area contributed by atoms with Crippen LogP contribution in [0.3, 0.4) is 0 Å². The smallest absolute Gasteiger partial charge is 0.212 e. The molecule has 0 amide bonds. The highest BCUT2D eigenvalue weighted by molar-refractivity contribution is 7.88. The molecule has 1 aliphatic rings. The Hall–Kier alpha value is -1.72. The maximum Gasteiger partial charge on any atom is 0.218 e. The van der Waals surface area contributed by atoms with Crippen LogP contribution in [0.15, 0.2) is 48.5 Å². The third-order valence-corrected chi connectivity index (χ3v) is 6.11. The Labute approximate surface area is 136 Å². The summed E-state index contributed by atoms with van der Waals surface area (Å²) in [5.41, 5.74) is 2.66. The second-order valence-corrected chi connectivity index (χ2v) is 7.99. The number of rotatable bonds is 4. The van der Waals surface area contributed by atoms with Gasteiger partial charge >= 0.3 is 0 Å². The zero-order chi connectivity index (χ0) is 16.4. The molecule has 2 aromatic carbocycles. The van der Waals surface area contributed by atoms with E-state index in [0.29, 0.717) is 12.1 Å². The van der Waals surface area contributed by atoms with E-state index in [4.69, 9.17) is 0 Å². The molecule has 1 fully saturated rings. The normalized spacial score (nSPS) is 19.1. The Kier molecular flexibility index (Phi) is 4.50. The number of sulfonamides is 1. The topological polar surface area (TPSA) is 37.4 Å². The van der Waals surface area contributed by atoms with Crippen molar-refractivity contribution in [2.45, 2.75) is 31.6 Å². The quantitative estimate of drug-likeness (QED) is 0.853. The molecule has 23 heavy (non-hydrogen) atoms. The SMILES string of the molecule is Cc1ccc(C2CCCN2S(=O)(=O)Cc2cccc(F)c2)cc1. The molecule has 0 saturated carbocycles. The van der Waals surface area contributed by atoms with Crippen LogP contribution in [0.25, 0.3) is 0 Å². The summed E-state index contributed by atoms with van der Waals surface area (Å²) in [5, 5.41) is 0. The summed E-state index contributed by atoms with van der Waals surface area (Å²) in [4.78, 5) is 0. The van der Waals surface area contributed by atoms with Gasteiger partial charge in [0.05, 0.1) is 5.75 Å². The number of nitrogens with zero attached hydrogens (tertiary/aromatic N) is 1. The van der Waals surface area contributed by atoms with Crippen molar-refractivity contribution in [2.75, 3.05) is 6.54 Å². The summed E-state index contributed by atoms with van der Waals surface area (Å²) in [6, 6.07) is 13.7. The lowest BCUT2D eigenvalue weighted by Gasteiger charge is -2.24. The fraction of sp³-hybridized carbons (Fsp3) is 0.333. The standard InChI is InChI=1S/C18H20FNO2S/c1-14-7-9-16(10-8-14)18-6-3-11-20(18)23(21,22)13-15-4-2-5-17(19)12-15/h2,4-5,7-10,12,18H,3,6,11,13H2,1H3. The molecule has 122 valence electrons. The minimum atomic E-state index is -3.47. The van der Waals surface area contributed by atoms with Gasteiger partial charge in [-0.15, -0.1) is 0 Å². The van der Waals surface area contributed by atoms with Gasteiger partial charge in [0.2, 0.25) is 10.0 Å². The minimum Gasteiger partial charge on any atom is -0.212 e. The van der Waals surface area contributed by atoms with Crippen molar-refractivity contribution in [3.8, 4) is 0 Å². The van der Waals surface area contributed by atoms with Crippen molar-refractivity contribution in [3.05, 3.63) is 71.0 Å². The first kappa shape index (κ1) is 16.1. The minimum absolute atomic E-state index is 0.117. The monoisotopic (exact) mass is 333 g/mol. The molecule has 1 unspecified atom stereocenters. The highest BCUT2D eigenvalue weighted by Crippen LogP contribution is 2.35. The maximum atomic E-state index is 13.3. The number of aryl methyl sites for hydroxylation is 1. The van der Waals surface area contributed by atoms with Crippen LogP contribution in [0.2, 0.25) is 0 Å². The number of benzene rings is 2. The Bertz CT molecular complexity index is 787. The van der Waals surface area contributed by atoms with Gasteiger partial charge in [0, 0.05) is 12.6 Å². The van der Waals surface area contributed by atoms with Crippen LogP contribution in [-0.2, 0) is 15.8 Å². The van der Waals surface area contributed by atoms with Gasteiger partial charge in [-0.05, 0) is 43.0 Å². The lowest BCUT2D eigenvalue weighted by molar-refractivity contribution is 0.396. The Morgan fingerprint density at radius 2 is 1.91 bits per heavy atom. The lowest BCUT2D eigenvalue weighted by Crippen LogP contribution is -2.31. The maximum absolute atomic E-state index is 13.3. The summed E-state index contributed by atoms with van der Waals surface area (Å²) in [5.74, 6) is -0.568. The molecular weight excluding hydrogens is 313 g/mol. The predicted molar refractivity (Wildman–Crippen MR) is 88.9 cm³/mol. The Balaban J connectivity index is 1.84. The highest BCUT2D eigenvalue weighted by Gasteiger charge is 2.35. The molecule has 1 aliphatic heterocycles. The molecule has 3 rings (SSSR count). The van der Waals surface area contributed by atoms with Crippen LogP contribution >= 0.6 is 0 Å². The first-order valence-corrected chi connectivity index (χ1v) is 9.37. The van der Waals surface area contributed by atoms with Gasteiger partial charge in [0.1, 0.15) is 5.82 Å².